The third-order valence-electron chi connectivity index (χ3n) is 3.65. The minimum atomic E-state index is -0.179. The van der Waals surface area contributed by atoms with Gasteiger partial charge in [0.25, 0.3) is 0 Å². The summed E-state index contributed by atoms with van der Waals surface area (Å²) in [7, 11) is 3.82. The van der Waals surface area contributed by atoms with Crippen molar-refractivity contribution in [3.63, 3.8) is 0 Å². The molecule has 26 heavy (non-hydrogen) atoms. The Morgan fingerprint density at radius 3 is 2.81 bits per heavy atom. The largest absolute Gasteiger partial charge is 0.385 e. The fraction of sp³-hybridized carbons (Fsp3) is 0.824. The van der Waals surface area contributed by atoms with Gasteiger partial charge in [0, 0.05) is 46.5 Å². The van der Waals surface area contributed by atoms with Gasteiger partial charge in [-0.05, 0) is 34.2 Å². The molecule has 0 bridgehead atoms. The van der Waals surface area contributed by atoms with Crippen LogP contribution in [-0.2, 0) is 16.0 Å². The summed E-state index contributed by atoms with van der Waals surface area (Å²) in [5.41, 5.74) is 0. The molecule has 1 heterocycles. The smallest absolute Gasteiger partial charge is 0.248 e. The van der Waals surface area contributed by atoms with Gasteiger partial charge in [-0.1, -0.05) is 5.16 Å². The molecule has 1 unspecified atom stereocenters. The Hall–Kier alpha value is -1.71. The topological polar surface area (TPSA) is 97.0 Å². The lowest BCUT2D eigenvalue weighted by atomic mass is 10.4. The second-order valence-corrected chi connectivity index (χ2v) is 5.92. The summed E-state index contributed by atoms with van der Waals surface area (Å²) in [5.74, 6) is 1.75. The predicted molar refractivity (Wildman–Crippen MR) is 101 cm³/mol. The molecule has 0 aliphatic heterocycles. The maximum atomic E-state index is 5.46. The molecule has 0 amide bonds. The molecular weight excluding hydrogens is 336 g/mol. The quantitative estimate of drug-likeness (QED) is 0.304. The van der Waals surface area contributed by atoms with Crippen LogP contribution in [-0.4, -0.2) is 74.6 Å². The second-order valence-electron chi connectivity index (χ2n) is 5.92. The van der Waals surface area contributed by atoms with Gasteiger partial charge >= 0.3 is 0 Å². The van der Waals surface area contributed by atoms with Crippen LogP contribution in [0, 0.1) is 0 Å². The summed E-state index contributed by atoms with van der Waals surface area (Å²) in [4.78, 5) is 11.1. The average Bonchev–Trinajstić information content (AvgIpc) is 3.09. The highest BCUT2D eigenvalue weighted by Crippen LogP contribution is 2.12. The van der Waals surface area contributed by atoms with Crippen molar-refractivity contribution in [3.8, 4) is 0 Å². The Labute approximate surface area is 156 Å². The van der Waals surface area contributed by atoms with Crippen LogP contribution in [0.15, 0.2) is 9.52 Å². The standard InChI is InChI=1S/C17H34N6O3/c1-6-18-17(19-9-11-23(4)10-8-12-24-5)20-13-15-21-16(22-26-15)14(3)25-7-2/h14H,6-13H2,1-5H3,(H2,18,19,20). The van der Waals surface area contributed by atoms with E-state index in [9.17, 15) is 0 Å². The zero-order valence-electron chi connectivity index (χ0n) is 16.7. The molecular formula is C17H34N6O3. The molecule has 0 aliphatic rings. The van der Waals surface area contributed by atoms with E-state index in [4.69, 9.17) is 14.0 Å². The fourth-order valence-electron chi connectivity index (χ4n) is 2.27. The first-order valence-corrected chi connectivity index (χ1v) is 9.24. The van der Waals surface area contributed by atoms with Crippen LogP contribution in [0.4, 0.5) is 0 Å². The summed E-state index contributed by atoms with van der Waals surface area (Å²) in [5, 5.41) is 10.5. The van der Waals surface area contributed by atoms with Crippen LogP contribution < -0.4 is 10.6 Å². The highest BCUT2D eigenvalue weighted by Gasteiger charge is 2.13. The van der Waals surface area contributed by atoms with Crippen LogP contribution in [0.1, 0.15) is 45.0 Å². The lowest BCUT2D eigenvalue weighted by Gasteiger charge is -2.17. The number of aromatic nitrogens is 2. The van der Waals surface area contributed by atoms with Gasteiger partial charge in [-0.3, -0.25) is 0 Å². The van der Waals surface area contributed by atoms with Crippen LogP contribution in [0.2, 0.25) is 0 Å². The fourth-order valence-corrected chi connectivity index (χ4v) is 2.27. The zero-order chi connectivity index (χ0) is 19.2. The molecule has 1 aromatic heterocycles. The van der Waals surface area contributed by atoms with E-state index >= 15 is 0 Å². The second kappa shape index (κ2) is 13.5. The summed E-state index contributed by atoms with van der Waals surface area (Å²) in [6.07, 6.45) is 0.849. The van der Waals surface area contributed by atoms with Crippen molar-refractivity contribution in [2.24, 2.45) is 4.99 Å². The predicted octanol–water partition coefficient (Wildman–Crippen LogP) is 1.19. The van der Waals surface area contributed by atoms with Crippen molar-refractivity contribution >= 4 is 5.96 Å². The number of nitrogens with zero attached hydrogens (tertiary/aromatic N) is 4. The molecule has 9 nitrogen and oxygen atoms in total. The van der Waals surface area contributed by atoms with Gasteiger partial charge in [0.05, 0.1) is 0 Å². The monoisotopic (exact) mass is 370 g/mol. The number of likely N-dealkylation sites (N-methyl/N-ethyl adjacent to an activating group) is 1. The number of guanidine groups is 1. The van der Waals surface area contributed by atoms with Gasteiger partial charge in [0.2, 0.25) is 5.89 Å². The minimum absolute atomic E-state index is 0.179. The number of aliphatic imine (C=N–C) groups is 1. The maximum Gasteiger partial charge on any atom is 0.248 e. The number of hydrogen-bond acceptors (Lipinski definition) is 7. The number of nitrogens with one attached hydrogen (secondary N) is 2. The van der Waals surface area contributed by atoms with Gasteiger partial charge in [-0.25, -0.2) is 4.99 Å². The first-order chi connectivity index (χ1) is 12.6. The van der Waals surface area contributed by atoms with Crippen LogP contribution in [0.3, 0.4) is 0 Å². The summed E-state index contributed by atoms with van der Waals surface area (Å²) in [6.45, 7) is 11.1. The van der Waals surface area contributed by atoms with Crippen molar-refractivity contribution in [1.82, 2.24) is 25.7 Å². The summed E-state index contributed by atoms with van der Waals surface area (Å²) < 4.78 is 15.8. The van der Waals surface area contributed by atoms with E-state index in [-0.39, 0.29) is 6.10 Å². The van der Waals surface area contributed by atoms with E-state index in [2.05, 4.69) is 37.7 Å². The Kier molecular flexibility index (Phi) is 11.6. The Morgan fingerprint density at radius 2 is 2.12 bits per heavy atom. The van der Waals surface area contributed by atoms with Gasteiger partial charge < -0.3 is 29.5 Å². The van der Waals surface area contributed by atoms with E-state index in [0.29, 0.717) is 24.9 Å². The van der Waals surface area contributed by atoms with Gasteiger partial charge in [0.15, 0.2) is 11.8 Å². The van der Waals surface area contributed by atoms with E-state index in [0.717, 1.165) is 45.2 Å². The third kappa shape index (κ3) is 9.12. The maximum absolute atomic E-state index is 5.46. The Balaban J connectivity index is 2.43. The Morgan fingerprint density at radius 1 is 1.31 bits per heavy atom. The first kappa shape index (κ1) is 22.3. The van der Waals surface area contributed by atoms with E-state index in [1.165, 1.54) is 0 Å². The molecule has 0 radical (unpaired) electrons. The zero-order valence-corrected chi connectivity index (χ0v) is 16.7. The number of methoxy groups -OCH3 is 1. The van der Waals surface area contributed by atoms with Gasteiger partial charge in [-0.2, -0.15) is 4.98 Å². The lowest BCUT2D eigenvalue weighted by Crippen LogP contribution is -2.41. The summed E-state index contributed by atoms with van der Waals surface area (Å²) in [6, 6.07) is 0. The molecule has 2 N–H and O–H groups in total. The molecule has 150 valence electrons. The van der Waals surface area contributed by atoms with E-state index < -0.39 is 0 Å². The molecule has 9 heteroatoms. The molecule has 0 aliphatic carbocycles. The molecule has 1 atom stereocenters. The number of hydrogen-bond donors (Lipinski definition) is 2. The van der Waals surface area contributed by atoms with Crippen molar-refractivity contribution < 1.29 is 14.0 Å². The van der Waals surface area contributed by atoms with Crippen molar-refractivity contribution in [2.75, 3.05) is 53.6 Å². The molecule has 1 rings (SSSR count). The Bertz CT molecular complexity index is 508. The molecule has 1 aromatic rings. The minimum Gasteiger partial charge on any atom is -0.385 e. The molecule has 0 saturated heterocycles. The molecule has 0 aromatic carbocycles. The number of ether oxygens (including phenoxy) is 2. The number of rotatable bonds is 13. The van der Waals surface area contributed by atoms with E-state index in [1.54, 1.807) is 7.11 Å². The summed E-state index contributed by atoms with van der Waals surface area (Å²) >= 11 is 0. The van der Waals surface area contributed by atoms with Crippen molar-refractivity contribution in [1.29, 1.82) is 0 Å². The SMILES string of the molecule is CCNC(=NCc1nc(C(C)OCC)no1)NCCN(C)CCCOC. The molecule has 0 fully saturated rings. The van der Waals surface area contributed by atoms with Crippen LogP contribution in [0.5, 0.6) is 0 Å². The third-order valence-corrected chi connectivity index (χ3v) is 3.65. The normalized spacial score (nSPS) is 13.2. The first-order valence-electron chi connectivity index (χ1n) is 9.24. The van der Waals surface area contributed by atoms with Crippen molar-refractivity contribution in [3.05, 3.63) is 11.7 Å². The lowest BCUT2D eigenvalue weighted by molar-refractivity contribution is 0.0683. The molecule has 0 spiro atoms. The van der Waals surface area contributed by atoms with E-state index in [1.807, 2.05) is 20.8 Å². The highest BCUT2D eigenvalue weighted by molar-refractivity contribution is 5.79. The highest BCUT2D eigenvalue weighted by atomic mass is 16.5. The molecule has 0 saturated carbocycles. The van der Waals surface area contributed by atoms with Crippen molar-refractivity contribution in [2.45, 2.75) is 39.8 Å². The van der Waals surface area contributed by atoms with Crippen LogP contribution >= 0.6 is 0 Å². The van der Waals surface area contributed by atoms with Gasteiger partial charge in [0.1, 0.15) is 12.6 Å². The van der Waals surface area contributed by atoms with Crippen LogP contribution in [0.25, 0.3) is 0 Å². The van der Waals surface area contributed by atoms with Gasteiger partial charge in [-0.15, -0.1) is 0 Å². The average molecular weight is 370 g/mol.